The van der Waals surface area contributed by atoms with Crippen LogP contribution in [-0.2, 0) is 11.3 Å². The van der Waals surface area contributed by atoms with Crippen molar-refractivity contribution < 1.29 is 13.9 Å². The minimum atomic E-state index is 0.0236. The Hall–Kier alpha value is -2.74. The second-order valence-electron chi connectivity index (χ2n) is 6.74. The number of aromatic nitrogens is 3. The fourth-order valence-corrected chi connectivity index (χ4v) is 3.58. The van der Waals surface area contributed by atoms with Gasteiger partial charge in [-0.05, 0) is 55.2 Å². The highest BCUT2D eigenvalue weighted by Crippen LogP contribution is 2.28. The molecular formula is C20H22N4O3S. The first-order valence-electron chi connectivity index (χ1n) is 9.22. The third-order valence-corrected chi connectivity index (χ3v) is 5.54. The SMILES string of the molecule is COc1ccc(-c2nnc(SCC(=O)NCC3CC3)n2Cc2ccco2)cc1. The minimum absolute atomic E-state index is 0.0236. The number of benzene rings is 1. The van der Waals surface area contributed by atoms with E-state index in [1.54, 1.807) is 13.4 Å². The molecule has 1 aliphatic carbocycles. The second kappa shape index (κ2) is 8.52. The lowest BCUT2D eigenvalue weighted by Gasteiger charge is -2.09. The van der Waals surface area contributed by atoms with E-state index < -0.39 is 0 Å². The van der Waals surface area contributed by atoms with E-state index in [1.165, 1.54) is 24.6 Å². The van der Waals surface area contributed by atoms with Crippen LogP contribution in [0.3, 0.4) is 0 Å². The van der Waals surface area contributed by atoms with Crippen molar-refractivity contribution in [1.82, 2.24) is 20.1 Å². The summed E-state index contributed by atoms with van der Waals surface area (Å²) < 4.78 is 12.7. The molecule has 28 heavy (non-hydrogen) atoms. The van der Waals surface area contributed by atoms with Gasteiger partial charge in [-0.2, -0.15) is 0 Å². The van der Waals surface area contributed by atoms with E-state index in [-0.39, 0.29) is 5.91 Å². The van der Waals surface area contributed by atoms with E-state index in [9.17, 15) is 4.79 Å². The summed E-state index contributed by atoms with van der Waals surface area (Å²) >= 11 is 1.38. The van der Waals surface area contributed by atoms with Crippen molar-refractivity contribution in [2.75, 3.05) is 19.4 Å². The van der Waals surface area contributed by atoms with Gasteiger partial charge in [0, 0.05) is 12.1 Å². The van der Waals surface area contributed by atoms with E-state index in [4.69, 9.17) is 9.15 Å². The molecule has 146 valence electrons. The number of amides is 1. The number of hydrogen-bond acceptors (Lipinski definition) is 6. The molecule has 0 saturated heterocycles. The van der Waals surface area contributed by atoms with Gasteiger partial charge in [0.1, 0.15) is 11.5 Å². The number of nitrogens with zero attached hydrogens (tertiary/aromatic N) is 3. The maximum atomic E-state index is 12.1. The molecule has 0 aliphatic heterocycles. The van der Waals surface area contributed by atoms with E-state index in [1.807, 2.05) is 41.0 Å². The lowest BCUT2D eigenvalue weighted by atomic mass is 10.2. The number of hydrogen-bond donors (Lipinski definition) is 1. The van der Waals surface area contributed by atoms with Crippen molar-refractivity contribution in [3.63, 3.8) is 0 Å². The molecule has 0 bridgehead atoms. The molecule has 0 spiro atoms. The van der Waals surface area contributed by atoms with Crippen LogP contribution in [0.25, 0.3) is 11.4 Å². The lowest BCUT2D eigenvalue weighted by molar-refractivity contribution is -0.118. The van der Waals surface area contributed by atoms with Crippen LogP contribution in [-0.4, -0.2) is 40.1 Å². The molecule has 0 unspecified atom stereocenters. The van der Waals surface area contributed by atoms with Gasteiger partial charge in [-0.1, -0.05) is 11.8 Å². The van der Waals surface area contributed by atoms with Gasteiger partial charge in [0.15, 0.2) is 11.0 Å². The summed E-state index contributed by atoms with van der Waals surface area (Å²) in [6.07, 6.45) is 4.08. The molecule has 3 aromatic rings. The fraction of sp³-hybridized carbons (Fsp3) is 0.350. The van der Waals surface area contributed by atoms with E-state index in [0.717, 1.165) is 29.4 Å². The summed E-state index contributed by atoms with van der Waals surface area (Å²) in [4.78, 5) is 12.1. The number of methoxy groups -OCH3 is 1. The first-order chi connectivity index (χ1) is 13.7. The monoisotopic (exact) mass is 398 g/mol. The van der Waals surface area contributed by atoms with Crippen LogP contribution in [0, 0.1) is 5.92 Å². The molecule has 2 heterocycles. The van der Waals surface area contributed by atoms with Crippen LogP contribution in [0.4, 0.5) is 0 Å². The topological polar surface area (TPSA) is 82.2 Å². The van der Waals surface area contributed by atoms with Crippen molar-refractivity contribution in [2.24, 2.45) is 5.92 Å². The largest absolute Gasteiger partial charge is 0.497 e. The smallest absolute Gasteiger partial charge is 0.230 e. The maximum Gasteiger partial charge on any atom is 0.230 e. The molecule has 2 aromatic heterocycles. The molecule has 7 nitrogen and oxygen atoms in total. The van der Waals surface area contributed by atoms with E-state index >= 15 is 0 Å². The number of nitrogens with one attached hydrogen (secondary N) is 1. The molecule has 1 N–H and O–H groups in total. The Kier molecular flexibility index (Phi) is 5.66. The molecule has 1 aliphatic rings. The Morgan fingerprint density at radius 2 is 2.11 bits per heavy atom. The van der Waals surface area contributed by atoms with Crippen LogP contribution in [0.5, 0.6) is 5.75 Å². The van der Waals surface area contributed by atoms with Crippen molar-refractivity contribution in [1.29, 1.82) is 0 Å². The summed E-state index contributed by atoms with van der Waals surface area (Å²) in [6, 6.07) is 11.4. The van der Waals surface area contributed by atoms with E-state index in [2.05, 4.69) is 15.5 Å². The van der Waals surface area contributed by atoms with Gasteiger partial charge in [-0.3, -0.25) is 9.36 Å². The molecule has 1 amide bonds. The van der Waals surface area contributed by atoms with Crippen LogP contribution in [0.2, 0.25) is 0 Å². The number of carbonyl (C=O) groups excluding carboxylic acids is 1. The average molecular weight is 398 g/mol. The Morgan fingerprint density at radius 1 is 1.29 bits per heavy atom. The van der Waals surface area contributed by atoms with Crippen LogP contribution < -0.4 is 10.1 Å². The minimum Gasteiger partial charge on any atom is -0.497 e. The Morgan fingerprint density at radius 3 is 2.79 bits per heavy atom. The van der Waals surface area contributed by atoms with E-state index in [0.29, 0.717) is 23.4 Å². The molecular weight excluding hydrogens is 376 g/mol. The molecule has 4 rings (SSSR count). The Bertz CT molecular complexity index is 918. The van der Waals surface area contributed by atoms with Gasteiger partial charge >= 0.3 is 0 Å². The highest BCUT2D eigenvalue weighted by Gasteiger charge is 2.22. The lowest BCUT2D eigenvalue weighted by Crippen LogP contribution is -2.27. The fourth-order valence-electron chi connectivity index (χ4n) is 2.81. The van der Waals surface area contributed by atoms with Gasteiger partial charge < -0.3 is 14.5 Å². The Balaban J connectivity index is 1.52. The predicted molar refractivity (Wildman–Crippen MR) is 106 cm³/mol. The maximum absolute atomic E-state index is 12.1. The van der Waals surface area contributed by atoms with Gasteiger partial charge in [-0.25, -0.2) is 0 Å². The summed E-state index contributed by atoms with van der Waals surface area (Å²) in [5.74, 6) is 3.30. The highest BCUT2D eigenvalue weighted by molar-refractivity contribution is 7.99. The standard InChI is InChI=1S/C20H22N4O3S/c1-26-16-8-6-15(7-9-16)19-22-23-20(24(19)12-17-3-2-10-27-17)28-13-18(25)21-11-14-4-5-14/h2-3,6-10,14H,4-5,11-13H2,1H3,(H,21,25). The van der Waals surface area contributed by atoms with Crippen molar-refractivity contribution in [2.45, 2.75) is 24.5 Å². The first-order valence-corrected chi connectivity index (χ1v) is 10.2. The summed E-state index contributed by atoms with van der Waals surface area (Å²) in [5.41, 5.74) is 0.921. The molecule has 0 radical (unpaired) electrons. The molecule has 8 heteroatoms. The first kappa shape index (κ1) is 18.6. The molecule has 1 aromatic carbocycles. The molecule has 0 atom stereocenters. The number of rotatable bonds is 9. The highest BCUT2D eigenvalue weighted by atomic mass is 32.2. The third-order valence-electron chi connectivity index (χ3n) is 4.58. The van der Waals surface area contributed by atoms with Crippen LogP contribution in [0.15, 0.2) is 52.2 Å². The summed E-state index contributed by atoms with van der Waals surface area (Å²) in [5, 5.41) is 12.3. The van der Waals surface area contributed by atoms with Crippen LogP contribution in [0.1, 0.15) is 18.6 Å². The van der Waals surface area contributed by atoms with Crippen molar-refractivity contribution in [3.8, 4) is 17.1 Å². The predicted octanol–water partition coefficient (Wildman–Crippen LogP) is 3.21. The van der Waals surface area contributed by atoms with Crippen LogP contribution >= 0.6 is 11.8 Å². The number of thioether (sulfide) groups is 1. The van der Waals surface area contributed by atoms with Gasteiger partial charge in [0.05, 0.1) is 25.7 Å². The zero-order valence-electron chi connectivity index (χ0n) is 15.6. The Labute approximate surface area is 167 Å². The summed E-state index contributed by atoms with van der Waals surface area (Å²) in [7, 11) is 1.64. The van der Waals surface area contributed by atoms with Gasteiger partial charge in [-0.15, -0.1) is 10.2 Å². The van der Waals surface area contributed by atoms with Gasteiger partial charge in [0.25, 0.3) is 0 Å². The zero-order valence-corrected chi connectivity index (χ0v) is 16.4. The quantitative estimate of drug-likeness (QED) is 0.558. The second-order valence-corrected chi connectivity index (χ2v) is 7.68. The number of ether oxygens (including phenoxy) is 1. The zero-order chi connectivity index (χ0) is 19.3. The normalized spacial score (nSPS) is 13.5. The molecule has 1 fully saturated rings. The average Bonchev–Trinajstić information content (AvgIpc) is 3.25. The van der Waals surface area contributed by atoms with Crippen molar-refractivity contribution in [3.05, 3.63) is 48.4 Å². The third kappa shape index (κ3) is 4.56. The van der Waals surface area contributed by atoms with Gasteiger partial charge in [0.2, 0.25) is 5.91 Å². The van der Waals surface area contributed by atoms with Crippen molar-refractivity contribution >= 4 is 17.7 Å². The summed E-state index contributed by atoms with van der Waals surface area (Å²) in [6.45, 7) is 1.27. The number of furan rings is 1. The number of carbonyl (C=O) groups is 1. The molecule has 1 saturated carbocycles.